The van der Waals surface area contributed by atoms with Gasteiger partial charge in [0.25, 0.3) is 11.8 Å². The number of hydroxylamine groups is 2. The van der Waals surface area contributed by atoms with Crippen LogP contribution in [0.2, 0.25) is 0 Å². The number of aliphatic hydroxyl groups excluding tert-OH is 12. The molecule has 29 nitrogen and oxygen atoms in total. The summed E-state index contributed by atoms with van der Waals surface area (Å²) in [5.41, 5.74) is -0.890. The molecule has 5 aliphatic heterocycles. The Bertz CT molecular complexity index is 1730. The molecule has 0 aromatic carbocycles. The van der Waals surface area contributed by atoms with Crippen molar-refractivity contribution in [3.63, 3.8) is 0 Å². The van der Waals surface area contributed by atoms with E-state index in [2.05, 4.69) is 5.32 Å². The van der Waals surface area contributed by atoms with Crippen molar-refractivity contribution in [1.29, 1.82) is 0 Å². The number of unbranched alkanes of at least 4 members (excludes halogenated alkanes) is 1. The number of carbonyl (C=O) groups is 6. The summed E-state index contributed by atoms with van der Waals surface area (Å²) in [5.74, 6) is -3.24. The third-order valence-corrected chi connectivity index (χ3v) is 13.9. The molecule has 5 heterocycles. The highest BCUT2D eigenvalue weighted by atomic mass is 16.7. The standard InChI is InChI=1S/C44H72N4O24.H2O/c49-20-24-34(59)37(62)33(58)23(69-24)8-12-45-27(52)19-44(10-13-46(14-11-44)28(53)3-1-2-4-32(57)72-48-30(55)5-6-31(48)56)9-7-29(54)47(15-17-67-42-40(65)38(63)35(60)25(21-50)70-42)16-18-68-43-41(66)39(64)36(61)26(22-51)71-43;/h23-26,33-43,49-51,58-66H,1-22H2,(H,45,52);1H2/t23-,24-,25-,26+,33-,34-,35-,36+,37-,38+,39-,40+,41-,42+,43-;/m1./s1. The molecule has 0 aliphatic carbocycles. The maximum Gasteiger partial charge on any atom is 0.333 e. The summed E-state index contributed by atoms with van der Waals surface area (Å²) in [4.78, 5) is 84.7. The molecule has 5 amide bonds. The maximum absolute atomic E-state index is 14.2. The van der Waals surface area contributed by atoms with Crippen molar-refractivity contribution in [2.75, 3.05) is 65.8 Å². The topological polar surface area (TPSA) is 454 Å². The van der Waals surface area contributed by atoms with Crippen LogP contribution < -0.4 is 5.32 Å². The normalized spacial score (nSPS) is 33.5. The van der Waals surface area contributed by atoms with Crippen molar-refractivity contribution in [2.24, 2.45) is 5.41 Å². The quantitative estimate of drug-likeness (QED) is 0.0298. The molecular weight excluding hydrogens is 984 g/mol. The van der Waals surface area contributed by atoms with Crippen LogP contribution in [0.5, 0.6) is 0 Å². The lowest BCUT2D eigenvalue weighted by molar-refractivity contribution is -0.303. The van der Waals surface area contributed by atoms with Crippen LogP contribution in [0.4, 0.5) is 0 Å². The van der Waals surface area contributed by atoms with Crippen LogP contribution in [0.25, 0.3) is 0 Å². The zero-order chi connectivity index (χ0) is 52.9. The molecule has 5 aliphatic rings. The minimum atomic E-state index is -1.74. The number of amides is 5. The van der Waals surface area contributed by atoms with Crippen molar-refractivity contribution < 1.29 is 124 Å². The summed E-state index contributed by atoms with van der Waals surface area (Å²) in [6.45, 7) is -2.90. The molecule has 15 N–H and O–H groups in total. The Morgan fingerprint density at radius 1 is 0.630 bits per heavy atom. The SMILES string of the molecule is O.O=C(CC1(CCC(=O)N(CCO[C@H]2O[C@H](CO)[C@@H](O)[C@H](O)[C@@H]2O)CCO[C@@H]2O[C@@H](CO)[C@H](O)[C@@H](O)[C@H]2O)CCN(C(=O)CCCCC(=O)ON2C(=O)CCC2=O)CC1)NCC[C@H]1O[C@H](CO)[C@@H](O)[C@H](O)[C@@H]1O. The van der Waals surface area contributed by atoms with Crippen molar-refractivity contribution in [2.45, 2.75) is 169 Å². The Hall–Kier alpha value is -3.70. The number of aliphatic hydroxyl groups is 12. The molecule has 0 unspecified atom stereocenters. The molecule has 15 atom stereocenters. The number of piperidine rings is 1. The zero-order valence-corrected chi connectivity index (χ0v) is 40.3. The highest BCUT2D eigenvalue weighted by Crippen LogP contribution is 2.40. The van der Waals surface area contributed by atoms with E-state index in [1.165, 1.54) is 4.90 Å². The van der Waals surface area contributed by atoms with Crippen molar-refractivity contribution in [3.8, 4) is 0 Å². The van der Waals surface area contributed by atoms with Crippen LogP contribution in [-0.2, 0) is 57.3 Å². The Morgan fingerprint density at radius 3 is 1.60 bits per heavy atom. The highest BCUT2D eigenvalue weighted by Gasteiger charge is 2.47. The number of rotatable bonds is 25. The molecule has 73 heavy (non-hydrogen) atoms. The number of imide groups is 1. The van der Waals surface area contributed by atoms with Gasteiger partial charge in [0.05, 0.1) is 39.1 Å². The van der Waals surface area contributed by atoms with E-state index in [0.717, 1.165) is 0 Å². The van der Waals surface area contributed by atoms with Gasteiger partial charge in [-0.05, 0) is 43.9 Å². The number of nitrogens with one attached hydrogen (secondary N) is 1. The minimum Gasteiger partial charge on any atom is -0.412 e. The molecule has 0 spiro atoms. The average molecular weight is 1060 g/mol. The summed E-state index contributed by atoms with van der Waals surface area (Å²) in [5, 5.41) is 125. The Morgan fingerprint density at radius 2 is 1.10 bits per heavy atom. The molecule has 0 bridgehead atoms. The van der Waals surface area contributed by atoms with Gasteiger partial charge in [-0.15, -0.1) is 5.06 Å². The summed E-state index contributed by atoms with van der Waals surface area (Å²) in [6.07, 6.45) is -22.3. The predicted molar refractivity (Wildman–Crippen MR) is 239 cm³/mol. The second-order valence-electron chi connectivity index (χ2n) is 18.8. The van der Waals surface area contributed by atoms with Gasteiger partial charge in [-0.1, -0.05) is 0 Å². The largest absolute Gasteiger partial charge is 0.412 e. The van der Waals surface area contributed by atoms with Gasteiger partial charge in [0.1, 0.15) is 73.2 Å². The van der Waals surface area contributed by atoms with Gasteiger partial charge in [0.2, 0.25) is 17.7 Å². The number of ether oxygens (including phenoxy) is 5. The lowest BCUT2D eigenvalue weighted by Gasteiger charge is -2.42. The molecular formula is C44H74N4O25. The zero-order valence-electron chi connectivity index (χ0n) is 40.3. The van der Waals surface area contributed by atoms with E-state index < -0.39 is 147 Å². The summed E-state index contributed by atoms with van der Waals surface area (Å²) < 4.78 is 27.7. The van der Waals surface area contributed by atoms with Crippen LogP contribution >= 0.6 is 0 Å². The fourth-order valence-corrected chi connectivity index (χ4v) is 9.29. The third-order valence-electron chi connectivity index (χ3n) is 13.9. The smallest absolute Gasteiger partial charge is 0.333 e. The van der Waals surface area contributed by atoms with E-state index in [1.54, 1.807) is 4.90 Å². The van der Waals surface area contributed by atoms with Gasteiger partial charge in [0.15, 0.2) is 12.6 Å². The highest BCUT2D eigenvalue weighted by molar-refractivity contribution is 6.01. The predicted octanol–water partition coefficient (Wildman–Crippen LogP) is -8.08. The minimum absolute atomic E-state index is 0. The van der Waals surface area contributed by atoms with Crippen molar-refractivity contribution in [3.05, 3.63) is 0 Å². The summed E-state index contributed by atoms with van der Waals surface area (Å²) >= 11 is 0. The van der Waals surface area contributed by atoms with E-state index in [4.69, 9.17) is 28.5 Å². The number of carbonyl (C=O) groups excluding carboxylic acids is 6. The molecule has 5 fully saturated rings. The Kier molecular flexibility index (Phi) is 24.6. The fourth-order valence-electron chi connectivity index (χ4n) is 9.29. The molecule has 29 heteroatoms. The molecule has 5 saturated heterocycles. The lowest BCUT2D eigenvalue weighted by atomic mass is 9.72. The molecule has 0 saturated carbocycles. The molecule has 0 aromatic heterocycles. The van der Waals surface area contributed by atoms with E-state index in [0.29, 0.717) is 5.06 Å². The van der Waals surface area contributed by atoms with Crippen LogP contribution in [0.1, 0.15) is 77.0 Å². The number of hydrogen-bond acceptors (Lipinski definition) is 24. The van der Waals surface area contributed by atoms with Gasteiger partial charge < -0.3 is 110 Å². The monoisotopic (exact) mass is 1060 g/mol. The lowest BCUT2D eigenvalue weighted by Crippen LogP contribution is -2.59. The fraction of sp³-hybridized carbons (Fsp3) is 0.864. The van der Waals surface area contributed by atoms with Crippen molar-refractivity contribution in [1.82, 2.24) is 20.2 Å². The van der Waals surface area contributed by atoms with Gasteiger partial charge in [-0.3, -0.25) is 24.0 Å². The Labute approximate surface area is 419 Å². The van der Waals surface area contributed by atoms with Gasteiger partial charge >= 0.3 is 5.97 Å². The molecule has 0 aromatic rings. The number of likely N-dealkylation sites (tertiary alicyclic amines) is 1. The van der Waals surface area contributed by atoms with Crippen LogP contribution in [0, 0.1) is 5.41 Å². The second-order valence-corrected chi connectivity index (χ2v) is 18.8. The third kappa shape index (κ3) is 16.4. The summed E-state index contributed by atoms with van der Waals surface area (Å²) in [7, 11) is 0. The van der Waals surface area contributed by atoms with Crippen molar-refractivity contribution >= 4 is 35.5 Å². The van der Waals surface area contributed by atoms with Gasteiger partial charge in [-0.25, -0.2) is 4.79 Å². The van der Waals surface area contributed by atoms with E-state index in [9.17, 15) is 90.0 Å². The second kappa shape index (κ2) is 29.0. The first-order valence-corrected chi connectivity index (χ1v) is 24.3. The number of hydrogen-bond donors (Lipinski definition) is 13. The first-order chi connectivity index (χ1) is 34.2. The molecule has 0 radical (unpaired) electrons. The van der Waals surface area contributed by atoms with Crippen LogP contribution in [0.3, 0.4) is 0 Å². The van der Waals surface area contributed by atoms with E-state index >= 15 is 0 Å². The van der Waals surface area contributed by atoms with Crippen LogP contribution in [0.15, 0.2) is 0 Å². The number of nitrogens with zero attached hydrogens (tertiary/aromatic N) is 3. The molecule has 420 valence electrons. The maximum atomic E-state index is 14.2. The average Bonchev–Trinajstić information content (AvgIpc) is 3.68. The molecule has 5 rings (SSSR count). The first-order valence-electron chi connectivity index (χ1n) is 24.3. The Balaban J connectivity index is 0.0000116. The first kappa shape index (κ1) is 61.8. The summed E-state index contributed by atoms with van der Waals surface area (Å²) in [6, 6.07) is 0. The van der Waals surface area contributed by atoms with Gasteiger partial charge in [0, 0.05) is 71.2 Å². The van der Waals surface area contributed by atoms with Gasteiger partial charge in [-0.2, -0.15) is 0 Å². The van der Waals surface area contributed by atoms with Crippen LogP contribution in [-0.4, -0.2) is 275 Å². The van der Waals surface area contributed by atoms with E-state index in [-0.39, 0.29) is 134 Å². The van der Waals surface area contributed by atoms with E-state index in [1.807, 2.05) is 0 Å².